The molecule has 9 nitrogen and oxygen atoms in total. The molecular formula is C22H22ClN5O4. The van der Waals surface area contributed by atoms with Crippen LogP contribution in [0.1, 0.15) is 18.5 Å². The summed E-state index contributed by atoms with van der Waals surface area (Å²) >= 11 is 6.01. The van der Waals surface area contributed by atoms with Gasteiger partial charge < -0.3 is 25.3 Å². The zero-order chi connectivity index (χ0) is 23.0. The van der Waals surface area contributed by atoms with Crippen LogP contribution in [-0.2, 0) is 4.79 Å². The van der Waals surface area contributed by atoms with Crippen LogP contribution < -0.4 is 25.3 Å². The number of nitrogens with zero attached hydrogens (tertiary/aromatic N) is 3. The average molecular weight is 456 g/mol. The second kappa shape index (κ2) is 8.43. The van der Waals surface area contributed by atoms with E-state index in [0.29, 0.717) is 50.9 Å². The summed E-state index contributed by atoms with van der Waals surface area (Å²) in [6, 6.07) is 9.91. The first-order valence-corrected chi connectivity index (χ1v) is 10.1. The molecule has 166 valence electrons. The fraction of sp³-hybridized carbons (Fsp3) is 0.227. The number of anilines is 1. The molecular weight excluding hydrogens is 434 g/mol. The maximum atomic E-state index is 12.5. The zero-order valence-electron chi connectivity index (χ0n) is 18.0. The number of nitrogens with one attached hydrogen (secondary N) is 1. The van der Waals surface area contributed by atoms with E-state index in [1.54, 1.807) is 35.9 Å². The summed E-state index contributed by atoms with van der Waals surface area (Å²) in [4.78, 5) is 17.1. The standard InChI is InChI=1S/C22H22ClN5O4/c1-11-18(20(24)29)19(14-9-16(31-3)17(32-4)10-15(14)30-2)28-22(25-11)26-21(27-28)12-5-7-13(23)8-6-12/h5-10,19H,1-4H3,(H2,24,29)(H,25,26,27). The van der Waals surface area contributed by atoms with Gasteiger partial charge in [0.05, 0.1) is 26.9 Å². The fourth-order valence-electron chi connectivity index (χ4n) is 3.75. The number of allylic oxidation sites excluding steroid dienone is 1. The number of ether oxygens (including phenoxy) is 3. The van der Waals surface area contributed by atoms with Crippen molar-refractivity contribution in [3.63, 3.8) is 0 Å². The largest absolute Gasteiger partial charge is 0.496 e. The quantitative estimate of drug-likeness (QED) is 0.585. The first-order valence-electron chi connectivity index (χ1n) is 9.67. The predicted molar refractivity (Wildman–Crippen MR) is 120 cm³/mol. The van der Waals surface area contributed by atoms with Gasteiger partial charge in [-0.3, -0.25) is 4.79 Å². The topological polar surface area (TPSA) is 114 Å². The number of hydrogen-bond donors (Lipinski definition) is 2. The molecule has 3 N–H and O–H groups in total. The first-order chi connectivity index (χ1) is 15.4. The van der Waals surface area contributed by atoms with Crippen LogP contribution in [0.25, 0.3) is 11.4 Å². The van der Waals surface area contributed by atoms with Gasteiger partial charge in [-0.05, 0) is 37.3 Å². The molecule has 1 unspecified atom stereocenters. The summed E-state index contributed by atoms with van der Waals surface area (Å²) in [6.45, 7) is 1.76. The van der Waals surface area contributed by atoms with Crippen LogP contribution in [0.3, 0.4) is 0 Å². The Morgan fingerprint density at radius 2 is 1.69 bits per heavy atom. The van der Waals surface area contributed by atoms with Crippen molar-refractivity contribution in [2.24, 2.45) is 5.73 Å². The van der Waals surface area contributed by atoms with Gasteiger partial charge in [0.15, 0.2) is 17.3 Å². The average Bonchev–Trinajstić information content (AvgIpc) is 3.20. The fourth-order valence-corrected chi connectivity index (χ4v) is 3.87. The van der Waals surface area contributed by atoms with Crippen molar-refractivity contribution in [2.45, 2.75) is 13.0 Å². The Morgan fingerprint density at radius 1 is 1.06 bits per heavy atom. The number of hydrogen-bond acceptors (Lipinski definition) is 7. The number of nitrogens with two attached hydrogens (primary N) is 1. The Labute approximate surface area is 189 Å². The molecule has 0 spiro atoms. The molecule has 0 fully saturated rings. The van der Waals surface area contributed by atoms with Crippen LogP contribution in [-0.4, -0.2) is 42.0 Å². The van der Waals surface area contributed by atoms with Crippen LogP contribution in [0.5, 0.6) is 17.2 Å². The normalized spacial score (nSPS) is 15.1. The third kappa shape index (κ3) is 3.60. The number of amides is 1. The zero-order valence-corrected chi connectivity index (χ0v) is 18.7. The van der Waals surface area contributed by atoms with Gasteiger partial charge in [-0.15, -0.1) is 5.10 Å². The third-order valence-corrected chi connectivity index (χ3v) is 5.50. The molecule has 0 bridgehead atoms. The van der Waals surface area contributed by atoms with Gasteiger partial charge in [0, 0.05) is 27.9 Å². The Morgan fingerprint density at radius 3 is 2.28 bits per heavy atom. The number of halogens is 1. The molecule has 0 saturated carbocycles. The second-order valence-corrected chi connectivity index (χ2v) is 7.53. The van der Waals surface area contributed by atoms with Gasteiger partial charge in [0.1, 0.15) is 11.8 Å². The van der Waals surface area contributed by atoms with Crippen LogP contribution in [0.4, 0.5) is 5.95 Å². The molecule has 2 aromatic carbocycles. The van der Waals surface area contributed by atoms with Crippen molar-refractivity contribution in [3.8, 4) is 28.6 Å². The number of methoxy groups -OCH3 is 3. The predicted octanol–water partition coefficient (Wildman–Crippen LogP) is 3.40. The lowest BCUT2D eigenvalue weighted by atomic mass is 9.94. The first kappa shape index (κ1) is 21.5. The van der Waals surface area contributed by atoms with Crippen LogP contribution >= 0.6 is 11.6 Å². The van der Waals surface area contributed by atoms with E-state index < -0.39 is 11.9 Å². The Hall–Kier alpha value is -3.72. The van der Waals surface area contributed by atoms with E-state index in [9.17, 15) is 4.79 Å². The van der Waals surface area contributed by atoms with Crippen LogP contribution in [0.2, 0.25) is 5.02 Å². The monoisotopic (exact) mass is 455 g/mol. The van der Waals surface area contributed by atoms with Gasteiger partial charge >= 0.3 is 0 Å². The van der Waals surface area contributed by atoms with Crippen molar-refractivity contribution in [1.29, 1.82) is 0 Å². The highest BCUT2D eigenvalue weighted by Gasteiger charge is 2.36. The van der Waals surface area contributed by atoms with E-state index in [-0.39, 0.29) is 0 Å². The second-order valence-electron chi connectivity index (χ2n) is 7.09. The molecule has 0 aliphatic carbocycles. The van der Waals surface area contributed by atoms with E-state index in [4.69, 9.17) is 31.5 Å². The highest BCUT2D eigenvalue weighted by molar-refractivity contribution is 6.30. The lowest BCUT2D eigenvalue weighted by Gasteiger charge is -2.29. The Kier molecular flexibility index (Phi) is 5.67. The third-order valence-electron chi connectivity index (χ3n) is 5.25. The minimum Gasteiger partial charge on any atom is -0.496 e. The lowest BCUT2D eigenvalue weighted by Crippen LogP contribution is -2.32. The van der Waals surface area contributed by atoms with Crippen molar-refractivity contribution < 1.29 is 19.0 Å². The molecule has 1 amide bonds. The van der Waals surface area contributed by atoms with Crippen molar-refractivity contribution in [1.82, 2.24) is 14.8 Å². The highest BCUT2D eigenvalue weighted by Crippen LogP contribution is 2.44. The summed E-state index contributed by atoms with van der Waals surface area (Å²) in [5, 5.41) is 8.41. The number of aromatic nitrogens is 3. The minimum absolute atomic E-state index is 0.329. The maximum absolute atomic E-state index is 12.5. The number of benzene rings is 2. The molecule has 0 radical (unpaired) electrons. The highest BCUT2D eigenvalue weighted by atomic mass is 35.5. The molecule has 10 heteroatoms. The summed E-state index contributed by atoms with van der Waals surface area (Å²) in [6.07, 6.45) is 0. The molecule has 32 heavy (non-hydrogen) atoms. The molecule has 0 saturated heterocycles. The van der Waals surface area contributed by atoms with Gasteiger partial charge in [0.25, 0.3) is 0 Å². The Balaban J connectivity index is 1.94. The van der Waals surface area contributed by atoms with Crippen LogP contribution in [0, 0.1) is 0 Å². The molecule has 4 rings (SSSR count). The summed E-state index contributed by atoms with van der Waals surface area (Å²) in [5.74, 6) is 1.78. The van der Waals surface area contributed by atoms with E-state index >= 15 is 0 Å². The summed E-state index contributed by atoms with van der Waals surface area (Å²) in [7, 11) is 4.61. The van der Waals surface area contributed by atoms with Gasteiger partial charge in [-0.25, -0.2) is 4.68 Å². The number of carbonyl (C=O) groups excluding carboxylic acids is 1. The van der Waals surface area contributed by atoms with E-state index in [1.165, 1.54) is 21.3 Å². The van der Waals surface area contributed by atoms with Crippen molar-refractivity contribution in [2.75, 3.05) is 26.6 Å². The molecule has 1 atom stereocenters. The van der Waals surface area contributed by atoms with Gasteiger partial charge in [-0.1, -0.05) is 11.6 Å². The molecule has 1 aliphatic heterocycles. The molecule has 1 aromatic heterocycles. The number of carbonyl (C=O) groups is 1. The number of rotatable bonds is 6. The van der Waals surface area contributed by atoms with Gasteiger partial charge in [0.2, 0.25) is 11.9 Å². The molecule has 3 aromatic rings. The summed E-state index contributed by atoms with van der Waals surface area (Å²) < 4.78 is 18.1. The Bertz CT molecular complexity index is 1220. The van der Waals surface area contributed by atoms with E-state index in [2.05, 4.69) is 15.4 Å². The smallest absolute Gasteiger partial charge is 0.248 e. The number of fused-ring (bicyclic) bond motifs is 1. The van der Waals surface area contributed by atoms with Crippen molar-refractivity contribution in [3.05, 3.63) is 58.3 Å². The van der Waals surface area contributed by atoms with E-state index in [0.717, 1.165) is 5.56 Å². The molecule has 1 aliphatic rings. The minimum atomic E-state index is -0.702. The molecule has 2 heterocycles. The summed E-state index contributed by atoms with van der Waals surface area (Å²) in [5.41, 5.74) is 8.08. The lowest BCUT2D eigenvalue weighted by molar-refractivity contribution is -0.115. The maximum Gasteiger partial charge on any atom is 0.248 e. The van der Waals surface area contributed by atoms with Crippen molar-refractivity contribution >= 4 is 23.5 Å². The SMILES string of the molecule is COc1cc(OC)c(C2C(C(N)=O)=C(C)Nc3nc(-c4ccc(Cl)cc4)nn32)cc1OC. The van der Waals surface area contributed by atoms with E-state index in [1.807, 2.05) is 12.1 Å². The van der Waals surface area contributed by atoms with Gasteiger partial charge in [-0.2, -0.15) is 4.98 Å². The number of primary amides is 1. The van der Waals surface area contributed by atoms with Crippen LogP contribution in [0.15, 0.2) is 47.7 Å².